The molecule has 0 radical (unpaired) electrons. The summed E-state index contributed by atoms with van der Waals surface area (Å²) < 4.78 is 0. The van der Waals surface area contributed by atoms with Gasteiger partial charge in [-0.2, -0.15) is 10.1 Å². The minimum Gasteiger partial charge on any atom is -0.372 e. The summed E-state index contributed by atoms with van der Waals surface area (Å²) >= 11 is 0. The molecule has 30 heavy (non-hydrogen) atoms. The first-order valence-corrected chi connectivity index (χ1v) is 10.3. The van der Waals surface area contributed by atoms with E-state index in [1.54, 1.807) is 0 Å². The second kappa shape index (κ2) is 8.78. The number of anilines is 2. The number of nitrogens with zero attached hydrogens (tertiary/aromatic N) is 3. The van der Waals surface area contributed by atoms with Crippen LogP contribution < -0.4 is 9.91 Å². The number of hydrazone groups is 1. The average molecular weight is 396 g/mol. The zero-order valence-corrected chi connectivity index (χ0v) is 17.3. The summed E-state index contributed by atoms with van der Waals surface area (Å²) in [6, 6.07) is 27.7. The van der Waals surface area contributed by atoms with Crippen LogP contribution in [0.15, 0.2) is 95.6 Å². The lowest BCUT2D eigenvalue weighted by Crippen LogP contribution is -2.21. The molecule has 1 aliphatic rings. The minimum absolute atomic E-state index is 0.118. The minimum atomic E-state index is -0.118. The molecule has 0 unspecified atom stereocenters. The van der Waals surface area contributed by atoms with Crippen LogP contribution in [0, 0.1) is 0 Å². The normalized spacial score (nSPS) is 14.9. The van der Waals surface area contributed by atoms with E-state index >= 15 is 0 Å². The Morgan fingerprint density at radius 1 is 0.833 bits per heavy atom. The molecule has 0 saturated heterocycles. The van der Waals surface area contributed by atoms with Gasteiger partial charge in [0.25, 0.3) is 5.91 Å². The first-order chi connectivity index (χ1) is 14.7. The van der Waals surface area contributed by atoms with Crippen molar-refractivity contribution >= 4 is 29.1 Å². The molecule has 0 aliphatic carbocycles. The fourth-order valence-corrected chi connectivity index (χ4v) is 3.63. The summed E-state index contributed by atoms with van der Waals surface area (Å²) in [7, 11) is 0. The van der Waals surface area contributed by atoms with Gasteiger partial charge in [0.15, 0.2) is 0 Å². The zero-order valence-electron chi connectivity index (χ0n) is 17.3. The lowest BCUT2D eigenvalue weighted by Gasteiger charge is -2.20. The standard InChI is InChI=1S/C26H25N3O/c1-3-28(4-2)22-17-15-20(16-18-22)19-24-25(21-11-7-5-8-12-21)27-29(26(24)30)23-13-9-6-10-14-23/h5-19H,3-4H2,1-2H3/b24-19-. The maximum absolute atomic E-state index is 13.3. The van der Waals surface area contributed by atoms with Crippen LogP contribution in [-0.4, -0.2) is 24.7 Å². The third kappa shape index (κ3) is 3.90. The van der Waals surface area contributed by atoms with Gasteiger partial charge in [-0.1, -0.05) is 60.7 Å². The molecule has 3 aromatic carbocycles. The number of rotatable bonds is 6. The first kappa shape index (κ1) is 19.6. The van der Waals surface area contributed by atoms with E-state index in [1.165, 1.54) is 10.7 Å². The van der Waals surface area contributed by atoms with Crippen molar-refractivity contribution in [3.63, 3.8) is 0 Å². The Labute approximate surface area is 177 Å². The van der Waals surface area contributed by atoms with Crippen LogP contribution in [-0.2, 0) is 4.79 Å². The highest BCUT2D eigenvalue weighted by Crippen LogP contribution is 2.28. The number of carbonyl (C=O) groups is 1. The molecule has 0 N–H and O–H groups in total. The van der Waals surface area contributed by atoms with Gasteiger partial charge < -0.3 is 4.90 Å². The molecule has 0 saturated carbocycles. The molecular formula is C26H25N3O. The van der Waals surface area contributed by atoms with Gasteiger partial charge >= 0.3 is 0 Å². The molecule has 4 rings (SSSR count). The molecule has 4 nitrogen and oxygen atoms in total. The predicted molar refractivity (Wildman–Crippen MR) is 125 cm³/mol. The van der Waals surface area contributed by atoms with Crippen molar-refractivity contribution in [2.75, 3.05) is 23.0 Å². The third-order valence-electron chi connectivity index (χ3n) is 5.26. The van der Waals surface area contributed by atoms with Crippen LogP contribution in [0.2, 0.25) is 0 Å². The fraction of sp³-hybridized carbons (Fsp3) is 0.154. The quantitative estimate of drug-likeness (QED) is 0.526. The van der Waals surface area contributed by atoms with Gasteiger partial charge in [0.05, 0.1) is 11.3 Å². The first-order valence-electron chi connectivity index (χ1n) is 10.3. The highest BCUT2D eigenvalue weighted by Gasteiger charge is 2.31. The maximum Gasteiger partial charge on any atom is 0.281 e. The van der Waals surface area contributed by atoms with Crippen molar-refractivity contribution in [2.24, 2.45) is 5.10 Å². The monoisotopic (exact) mass is 395 g/mol. The van der Waals surface area contributed by atoms with Crippen LogP contribution in [0.1, 0.15) is 25.0 Å². The van der Waals surface area contributed by atoms with E-state index in [0.29, 0.717) is 11.3 Å². The molecule has 1 aliphatic heterocycles. The lowest BCUT2D eigenvalue weighted by atomic mass is 10.00. The third-order valence-corrected chi connectivity index (χ3v) is 5.26. The maximum atomic E-state index is 13.3. The van der Waals surface area contributed by atoms with Gasteiger partial charge in [-0.25, -0.2) is 0 Å². The summed E-state index contributed by atoms with van der Waals surface area (Å²) in [6.07, 6.45) is 1.93. The predicted octanol–water partition coefficient (Wildman–Crippen LogP) is 5.37. The van der Waals surface area contributed by atoms with E-state index in [1.807, 2.05) is 66.7 Å². The number of para-hydroxylation sites is 1. The molecule has 4 heteroatoms. The van der Waals surface area contributed by atoms with Gasteiger partial charge in [0, 0.05) is 24.3 Å². The molecule has 150 valence electrons. The van der Waals surface area contributed by atoms with E-state index in [4.69, 9.17) is 0 Å². The smallest absolute Gasteiger partial charge is 0.281 e. The highest BCUT2D eigenvalue weighted by atomic mass is 16.2. The van der Waals surface area contributed by atoms with E-state index in [0.717, 1.165) is 29.9 Å². The number of hydrogen-bond acceptors (Lipinski definition) is 3. The van der Waals surface area contributed by atoms with Crippen molar-refractivity contribution in [3.8, 4) is 0 Å². The molecule has 0 bridgehead atoms. The van der Waals surface area contributed by atoms with Crippen LogP contribution in [0.3, 0.4) is 0 Å². The number of carbonyl (C=O) groups excluding carboxylic acids is 1. The van der Waals surface area contributed by atoms with Crippen molar-refractivity contribution in [2.45, 2.75) is 13.8 Å². The Kier molecular flexibility index (Phi) is 5.75. The molecule has 1 amide bonds. The summed E-state index contributed by atoms with van der Waals surface area (Å²) in [5.41, 5.74) is 5.14. The van der Waals surface area contributed by atoms with Crippen molar-refractivity contribution in [1.29, 1.82) is 0 Å². The molecular weight excluding hydrogens is 370 g/mol. The van der Waals surface area contributed by atoms with Crippen LogP contribution in [0.5, 0.6) is 0 Å². The fourth-order valence-electron chi connectivity index (χ4n) is 3.63. The largest absolute Gasteiger partial charge is 0.372 e. The Bertz CT molecular complexity index is 1070. The number of amides is 1. The summed E-state index contributed by atoms with van der Waals surface area (Å²) in [6.45, 7) is 6.23. The lowest BCUT2D eigenvalue weighted by molar-refractivity contribution is -0.114. The van der Waals surface area contributed by atoms with Gasteiger partial charge in [0.2, 0.25) is 0 Å². The van der Waals surface area contributed by atoms with Crippen LogP contribution in [0.25, 0.3) is 6.08 Å². The second-order valence-electron chi connectivity index (χ2n) is 7.09. The van der Waals surface area contributed by atoms with E-state index in [-0.39, 0.29) is 5.91 Å². The average Bonchev–Trinajstić information content (AvgIpc) is 3.13. The Balaban J connectivity index is 1.73. The Morgan fingerprint density at radius 3 is 2.03 bits per heavy atom. The van der Waals surface area contributed by atoms with Crippen molar-refractivity contribution in [3.05, 3.63) is 102 Å². The second-order valence-corrected chi connectivity index (χ2v) is 7.09. The van der Waals surface area contributed by atoms with Gasteiger partial charge in [-0.3, -0.25) is 4.79 Å². The van der Waals surface area contributed by atoms with E-state index in [2.05, 4.69) is 48.1 Å². The highest BCUT2D eigenvalue weighted by molar-refractivity contribution is 6.37. The molecule has 0 fully saturated rings. The van der Waals surface area contributed by atoms with Gasteiger partial charge in [-0.05, 0) is 49.8 Å². The van der Waals surface area contributed by atoms with Gasteiger partial charge in [-0.15, -0.1) is 0 Å². The van der Waals surface area contributed by atoms with E-state index < -0.39 is 0 Å². The number of hydrogen-bond donors (Lipinski definition) is 0. The van der Waals surface area contributed by atoms with Crippen LogP contribution >= 0.6 is 0 Å². The summed E-state index contributed by atoms with van der Waals surface area (Å²) in [5.74, 6) is -0.118. The molecule has 0 atom stereocenters. The Hall–Kier alpha value is -3.66. The molecule has 0 aromatic heterocycles. The van der Waals surface area contributed by atoms with Crippen molar-refractivity contribution < 1.29 is 4.79 Å². The molecule has 3 aromatic rings. The number of benzene rings is 3. The SMILES string of the molecule is CCN(CC)c1ccc(/C=C2\C(=O)N(c3ccccc3)N=C2c2ccccc2)cc1. The topological polar surface area (TPSA) is 35.9 Å². The zero-order chi connectivity index (χ0) is 20.9. The van der Waals surface area contributed by atoms with Crippen molar-refractivity contribution in [1.82, 2.24) is 0 Å². The summed E-state index contributed by atoms with van der Waals surface area (Å²) in [4.78, 5) is 15.6. The van der Waals surface area contributed by atoms with E-state index in [9.17, 15) is 4.79 Å². The summed E-state index contributed by atoms with van der Waals surface area (Å²) in [5, 5.41) is 6.17. The van der Waals surface area contributed by atoms with Gasteiger partial charge in [0.1, 0.15) is 5.71 Å². The van der Waals surface area contributed by atoms with Crippen LogP contribution in [0.4, 0.5) is 11.4 Å². The Morgan fingerprint density at radius 2 is 1.43 bits per heavy atom. The molecule has 1 heterocycles. The molecule has 0 spiro atoms.